The van der Waals surface area contributed by atoms with Crippen molar-refractivity contribution in [1.29, 1.82) is 0 Å². The number of imidazole rings is 1. The zero-order valence-corrected chi connectivity index (χ0v) is 15.4. The lowest BCUT2D eigenvalue weighted by Gasteiger charge is -2.14. The number of nitrogens with one attached hydrogen (secondary N) is 3. The Labute approximate surface area is 161 Å². The van der Waals surface area contributed by atoms with Gasteiger partial charge in [-0.25, -0.2) is 13.4 Å². The Morgan fingerprint density at radius 3 is 2.89 bits per heavy atom. The highest BCUT2D eigenvalue weighted by atomic mass is 32.2. The van der Waals surface area contributed by atoms with Crippen molar-refractivity contribution in [3.63, 3.8) is 0 Å². The van der Waals surface area contributed by atoms with Gasteiger partial charge < -0.3 is 25.1 Å². The summed E-state index contributed by atoms with van der Waals surface area (Å²) in [7, 11) is -5.03. The van der Waals surface area contributed by atoms with E-state index in [0.717, 1.165) is 5.56 Å². The standard InChI is InChI=1S/C17H17BN4O5S/c23-13-3-4-16(15(8-13)21-9-17-19-5-6-20-17)28(25,26)22-12-2-1-11-10-27-18(24)14(11)7-12/h1-8,21-24H,9-10H2,(H,19,20). The van der Waals surface area contributed by atoms with E-state index in [1.54, 1.807) is 30.6 Å². The molecule has 1 aromatic heterocycles. The van der Waals surface area contributed by atoms with Crippen LogP contribution in [0.2, 0.25) is 0 Å². The zero-order chi connectivity index (χ0) is 19.7. The van der Waals surface area contributed by atoms with Gasteiger partial charge in [-0.2, -0.15) is 0 Å². The van der Waals surface area contributed by atoms with Gasteiger partial charge in [0.2, 0.25) is 0 Å². The second kappa shape index (κ2) is 7.19. The first kappa shape index (κ1) is 18.4. The van der Waals surface area contributed by atoms with Crippen molar-refractivity contribution in [1.82, 2.24) is 9.97 Å². The van der Waals surface area contributed by atoms with Crippen molar-refractivity contribution < 1.29 is 23.2 Å². The van der Waals surface area contributed by atoms with Gasteiger partial charge in [-0.15, -0.1) is 0 Å². The topological polar surface area (TPSA) is 137 Å². The monoisotopic (exact) mass is 400 g/mol. The molecule has 1 aliphatic heterocycles. The van der Waals surface area contributed by atoms with Gasteiger partial charge in [0.15, 0.2) is 0 Å². The summed E-state index contributed by atoms with van der Waals surface area (Å²) < 4.78 is 33.5. The number of phenolic OH excluding ortho intramolecular Hbond substituents is 1. The fraction of sp³-hybridized carbons (Fsp3) is 0.118. The van der Waals surface area contributed by atoms with Crippen LogP contribution in [0, 0.1) is 0 Å². The molecule has 2 aromatic carbocycles. The predicted molar refractivity (Wildman–Crippen MR) is 104 cm³/mol. The summed E-state index contributed by atoms with van der Waals surface area (Å²) in [5, 5.41) is 22.5. The lowest BCUT2D eigenvalue weighted by molar-refractivity contribution is 0.275. The maximum absolute atomic E-state index is 12.9. The molecule has 0 atom stereocenters. The Morgan fingerprint density at radius 1 is 1.25 bits per heavy atom. The van der Waals surface area contributed by atoms with Crippen molar-refractivity contribution in [3.05, 3.63) is 60.2 Å². The maximum atomic E-state index is 12.9. The molecule has 0 unspecified atom stereocenters. The molecule has 5 N–H and O–H groups in total. The Morgan fingerprint density at radius 2 is 2.11 bits per heavy atom. The first-order valence-corrected chi connectivity index (χ1v) is 9.91. The molecule has 0 spiro atoms. The quantitative estimate of drug-likeness (QED) is 0.385. The van der Waals surface area contributed by atoms with Crippen LogP contribution in [0.3, 0.4) is 0 Å². The predicted octanol–water partition coefficient (Wildman–Crippen LogP) is 0.746. The lowest BCUT2D eigenvalue weighted by Crippen LogP contribution is -2.28. The average molecular weight is 400 g/mol. The summed E-state index contributed by atoms with van der Waals surface area (Å²) in [4.78, 5) is 6.95. The first-order valence-electron chi connectivity index (χ1n) is 8.43. The van der Waals surface area contributed by atoms with E-state index in [0.29, 0.717) is 17.0 Å². The van der Waals surface area contributed by atoms with Crippen LogP contribution in [0.1, 0.15) is 11.4 Å². The fourth-order valence-corrected chi connectivity index (χ4v) is 4.17. The molecule has 4 rings (SSSR count). The lowest BCUT2D eigenvalue weighted by atomic mass is 9.79. The summed E-state index contributed by atoms with van der Waals surface area (Å²) in [5.74, 6) is 0.547. The van der Waals surface area contributed by atoms with E-state index < -0.39 is 17.1 Å². The first-order chi connectivity index (χ1) is 13.4. The number of rotatable bonds is 6. The Kier molecular flexibility index (Phi) is 4.71. The van der Waals surface area contributed by atoms with E-state index in [4.69, 9.17) is 4.65 Å². The Hall–Kier alpha value is -3.02. The third kappa shape index (κ3) is 3.67. The number of benzene rings is 2. The van der Waals surface area contributed by atoms with Crippen LogP contribution in [0.25, 0.3) is 0 Å². The largest absolute Gasteiger partial charge is 0.508 e. The van der Waals surface area contributed by atoms with E-state index in [1.807, 2.05) is 0 Å². The molecule has 0 aliphatic carbocycles. The number of nitrogens with zero attached hydrogens (tertiary/aromatic N) is 1. The number of hydrogen-bond acceptors (Lipinski definition) is 7. The van der Waals surface area contributed by atoms with E-state index in [9.17, 15) is 18.5 Å². The van der Waals surface area contributed by atoms with Gasteiger partial charge >= 0.3 is 7.12 Å². The van der Waals surface area contributed by atoms with Crippen LogP contribution in [0.15, 0.2) is 53.7 Å². The van der Waals surface area contributed by atoms with E-state index in [2.05, 4.69) is 20.0 Å². The average Bonchev–Trinajstić information content (AvgIpc) is 3.30. The number of aromatic hydroxyl groups is 1. The van der Waals surface area contributed by atoms with Crippen molar-refractivity contribution in [2.24, 2.45) is 0 Å². The highest BCUT2D eigenvalue weighted by Crippen LogP contribution is 2.28. The molecule has 28 heavy (non-hydrogen) atoms. The summed E-state index contributed by atoms with van der Waals surface area (Å²) >= 11 is 0. The molecule has 3 aromatic rings. The van der Waals surface area contributed by atoms with E-state index in [1.165, 1.54) is 18.2 Å². The minimum atomic E-state index is -3.96. The second-order valence-electron chi connectivity index (χ2n) is 6.25. The van der Waals surface area contributed by atoms with Gasteiger partial charge in [0.25, 0.3) is 10.0 Å². The number of anilines is 2. The SMILES string of the molecule is O=S(=O)(Nc1ccc2c(c1)B(O)OC2)c1ccc(O)cc1NCc1ncc[nH]1. The molecule has 0 saturated carbocycles. The third-order valence-corrected chi connectivity index (χ3v) is 5.75. The van der Waals surface area contributed by atoms with Crippen molar-refractivity contribution >= 4 is 34.0 Å². The van der Waals surface area contributed by atoms with Crippen LogP contribution in [-0.2, 0) is 27.8 Å². The molecule has 0 radical (unpaired) electrons. The number of aromatic nitrogens is 2. The minimum Gasteiger partial charge on any atom is -0.508 e. The smallest absolute Gasteiger partial charge is 0.491 e. The Bertz CT molecular complexity index is 1100. The Balaban J connectivity index is 1.61. The van der Waals surface area contributed by atoms with Gasteiger partial charge in [0, 0.05) is 24.1 Å². The number of aromatic amines is 1. The minimum absolute atomic E-state index is 0.0332. The van der Waals surface area contributed by atoms with Crippen molar-refractivity contribution in [2.75, 3.05) is 10.0 Å². The highest BCUT2D eigenvalue weighted by Gasteiger charge is 2.28. The summed E-state index contributed by atoms with van der Waals surface area (Å²) in [6.07, 6.45) is 3.25. The van der Waals surface area contributed by atoms with Crippen LogP contribution < -0.4 is 15.5 Å². The molecule has 11 heteroatoms. The molecule has 144 valence electrons. The van der Waals surface area contributed by atoms with Crippen molar-refractivity contribution in [3.8, 4) is 5.75 Å². The second-order valence-corrected chi connectivity index (χ2v) is 7.90. The highest BCUT2D eigenvalue weighted by molar-refractivity contribution is 7.92. The number of hydrogen-bond donors (Lipinski definition) is 5. The van der Waals surface area contributed by atoms with Gasteiger partial charge in [0.05, 0.1) is 18.8 Å². The van der Waals surface area contributed by atoms with Gasteiger partial charge in [-0.3, -0.25) is 4.72 Å². The van der Waals surface area contributed by atoms with Crippen LogP contribution in [0.5, 0.6) is 5.75 Å². The normalized spacial score (nSPS) is 13.4. The molecule has 0 amide bonds. The molecular formula is C17H17BN4O5S. The van der Waals surface area contributed by atoms with Gasteiger partial charge in [0.1, 0.15) is 16.5 Å². The van der Waals surface area contributed by atoms with Crippen LogP contribution in [-0.4, -0.2) is 35.6 Å². The fourth-order valence-electron chi connectivity index (χ4n) is 2.95. The summed E-state index contributed by atoms with van der Waals surface area (Å²) in [5.41, 5.74) is 1.87. The van der Waals surface area contributed by atoms with Crippen molar-refractivity contribution in [2.45, 2.75) is 18.0 Å². The van der Waals surface area contributed by atoms with E-state index in [-0.39, 0.29) is 29.5 Å². The molecule has 0 saturated heterocycles. The van der Waals surface area contributed by atoms with Crippen LogP contribution >= 0.6 is 0 Å². The molecule has 0 bridgehead atoms. The molecule has 9 nitrogen and oxygen atoms in total. The number of sulfonamides is 1. The number of fused-ring (bicyclic) bond motifs is 1. The summed E-state index contributed by atoms with van der Waals surface area (Å²) in [6.45, 7) is 0.531. The van der Waals surface area contributed by atoms with Crippen LogP contribution in [0.4, 0.5) is 11.4 Å². The molecule has 1 aliphatic rings. The third-order valence-electron chi connectivity index (χ3n) is 4.31. The van der Waals surface area contributed by atoms with Gasteiger partial charge in [-0.1, -0.05) is 6.07 Å². The zero-order valence-electron chi connectivity index (χ0n) is 14.6. The maximum Gasteiger partial charge on any atom is 0.491 e. The molecular weight excluding hydrogens is 383 g/mol. The molecule has 0 fully saturated rings. The molecule has 2 heterocycles. The number of H-pyrrole nitrogens is 1. The summed E-state index contributed by atoms with van der Waals surface area (Å²) in [6, 6.07) is 8.80. The number of phenols is 1. The van der Waals surface area contributed by atoms with E-state index >= 15 is 0 Å². The van der Waals surface area contributed by atoms with Gasteiger partial charge in [-0.05, 0) is 35.3 Å².